The van der Waals surface area contributed by atoms with Gasteiger partial charge in [-0.25, -0.2) is 0 Å². The standard InChI is InChI=1S/C16H23NO2/c18-9-7-16(8-10-19-12-16)11-17-15-6-5-13-3-1-2-4-14(13)15/h1-4,15,17-18H,5-12H2. The molecule has 3 rings (SSSR count). The monoisotopic (exact) mass is 261 g/mol. The summed E-state index contributed by atoms with van der Waals surface area (Å²) < 4.78 is 5.55. The van der Waals surface area contributed by atoms with Crippen molar-refractivity contribution in [2.75, 3.05) is 26.4 Å². The van der Waals surface area contributed by atoms with Crippen molar-refractivity contribution in [3.8, 4) is 0 Å². The predicted molar refractivity (Wildman–Crippen MR) is 75.1 cm³/mol. The number of hydrogen-bond donors (Lipinski definition) is 2. The van der Waals surface area contributed by atoms with Gasteiger partial charge in [0, 0.05) is 31.2 Å². The average Bonchev–Trinajstić information content (AvgIpc) is 3.04. The number of aliphatic hydroxyl groups excluding tert-OH is 1. The molecule has 0 radical (unpaired) electrons. The lowest BCUT2D eigenvalue weighted by molar-refractivity contribution is 0.122. The van der Waals surface area contributed by atoms with E-state index in [9.17, 15) is 5.11 Å². The summed E-state index contributed by atoms with van der Waals surface area (Å²) in [5, 5.41) is 13.0. The Morgan fingerprint density at radius 2 is 2.26 bits per heavy atom. The minimum atomic E-state index is 0.145. The third kappa shape index (κ3) is 2.69. The van der Waals surface area contributed by atoms with E-state index in [1.165, 1.54) is 24.0 Å². The third-order valence-corrected chi connectivity index (χ3v) is 4.68. The van der Waals surface area contributed by atoms with E-state index in [-0.39, 0.29) is 12.0 Å². The number of rotatable bonds is 5. The quantitative estimate of drug-likeness (QED) is 0.852. The molecule has 1 aromatic rings. The molecule has 0 bridgehead atoms. The lowest BCUT2D eigenvalue weighted by Crippen LogP contribution is -2.37. The van der Waals surface area contributed by atoms with Crippen LogP contribution in [0.2, 0.25) is 0 Å². The Morgan fingerprint density at radius 1 is 1.37 bits per heavy atom. The van der Waals surface area contributed by atoms with E-state index in [1.54, 1.807) is 0 Å². The maximum absolute atomic E-state index is 9.26. The van der Waals surface area contributed by atoms with E-state index in [0.29, 0.717) is 6.04 Å². The summed E-state index contributed by atoms with van der Waals surface area (Å²) >= 11 is 0. The van der Waals surface area contributed by atoms with Crippen LogP contribution in [0.4, 0.5) is 0 Å². The smallest absolute Gasteiger partial charge is 0.0536 e. The van der Waals surface area contributed by atoms with Gasteiger partial charge in [0.15, 0.2) is 0 Å². The molecule has 3 nitrogen and oxygen atoms in total. The second-order valence-corrected chi connectivity index (χ2v) is 5.95. The first-order valence-electron chi connectivity index (χ1n) is 7.33. The van der Waals surface area contributed by atoms with Crippen LogP contribution in [0.5, 0.6) is 0 Å². The molecule has 19 heavy (non-hydrogen) atoms. The van der Waals surface area contributed by atoms with Crippen LogP contribution in [0, 0.1) is 5.41 Å². The van der Waals surface area contributed by atoms with Crippen LogP contribution in [0.1, 0.15) is 36.4 Å². The molecule has 104 valence electrons. The second-order valence-electron chi connectivity index (χ2n) is 5.95. The van der Waals surface area contributed by atoms with Crippen molar-refractivity contribution in [2.45, 2.75) is 31.7 Å². The van der Waals surface area contributed by atoms with Crippen molar-refractivity contribution in [1.82, 2.24) is 5.32 Å². The summed E-state index contributed by atoms with van der Waals surface area (Å²) in [6, 6.07) is 9.20. The van der Waals surface area contributed by atoms with Gasteiger partial charge in [0.25, 0.3) is 0 Å². The highest BCUT2D eigenvalue weighted by molar-refractivity contribution is 5.34. The van der Waals surface area contributed by atoms with Crippen LogP contribution in [0.15, 0.2) is 24.3 Å². The number of fused-ring (bicyclic) bond motifs is 1. The fourth-order valence-electron chi connectivity index (χ4n) is 3.42. The van der Waals surface area contributed by atoms with Crippen LogP contribution in [-0.4, -0.2) is 31.5 Å². The number of aryl methyl sites for hydroxylation is 1. The second kappa shape index (κ2) is 5.61. The van der Waals surface area contributed by atoms with Gasteiger partial charge in [-0.1, -0.05) is 24.3 Å². The molecule has 0 amide bonds. The molecule has 2 N–H and O–H groups in total. The van der Waals surface area contributed by atoms with Crippen molar-refractivity contribution in [3.63, 3.8) is 0 Å². The fourth-order valence-corrected chi connectivity index (χ4v) is 3.42. The SMILES string of the molecule is OCCC1(CNC2CCc3ccccc32)CCOC1. The van der Waals surface area contributed by atoms with Gasteiger partial charge in [0.2, 0.25) is 0 Å². The summed E-state index contributed by atoms with van der Waals surface area (Å²) in [5.74, 6) is 0. The lowest BCUT2D eigenvalue weighted by atomic mass is 9.83. The van der Waals surface area contributed by atoms with Crippen molar-refractivity contribution in [1.29, 1.82) is 0 Å². The zero-order valence-corrected chi connectivity index (χ0v) is 11.4. The van der Waals surface area contributed by atoms with Crippen molar-refractivity contribution in [3.05, 3.63) is 35.4 Å². The van der Waals surface area contributed by atoms with Gasteiger partial charge < -0.3 is 15.2 Å². The molecule has 2 atom stereocenters. The van der Waals surface area contributed by atoms with Crippen LogP contribution < -0.4 is 5.32 Å². The first-order chi connectivity index (χ1) is 9.33. The maximum atomic E-state index is 9.26. The Labute approximate surface area is 115 Å². The Kier molecular flexibility index (Phi) is 3.87. The van der Waals surface area contributed by atoms with Gasteiger partial charge in [-0.3, -0.25) is 0 Å². The van der Waals surface area contributed by atoms with Crippen LogP contribution in [0.25, 0.3) is 0 Å². The maximum Gasteiger partial charge on any atom is 0.0536 e. The Hall–Kier alpha value is -0.900. The Morgan fingerprint density at radius 3 is 3.05 bits per heavy atom. The average molecular weight is 261 g/mol. The van der Waals surface area contributed by atoms with E-state index < -0.39 is 0 Å². The molecular formula is C16H23NO2. The van der Waals surface area contributed by atoms with Gasteiger partial charge in [0.1, 0.15) is 0 Å². The van der Waals surface area contributed by atoms with Crippen LogP contribution >= 0.6 is 0 Å². The molecule has 0 aromatic heterocycles. The van der Waals surface area contributed by atoms with E-state index in [2.05, 4.69) is 29.6 Å². The van der Waals surface area contributed by atoms with Crippen LogP contribution in [-0.2, 0) is 11.2 Å². The minimum absolute atomic E-state index is 0.145. The van der Waals surface area contributed by atoms with Crippen molar-refractivity contribution in [2.24, 2.45) is 5.41 Å². The molecule has 2 aliphatic rings. The molecule has 0 saturated carbocycles. The van der Waals surface area contributed by atoms with Gasteiger partial charge in [-0.15, -0.1) is 0 Å². The molecule has 1 aliphatic heterocycles. The molecule has 1 heterocycles. The summed E-state index contributed by atoms with van der Waals surface area (Å²) in [7, 11) is 0. The number of hydrogen-bond acceptors (Lipinski definition) is 3. The minimum Gasteiger partial charge on any atom is -0.396 e. The summed E-state index contributed by atoms with van der Waals surface area (Å²) in [6.45, 7) is 2.83. The number of aliphatic hydroxyl groups is 1. The van der Waals surface area contributed by atoms with Crippen LogP contribution in [0.3, 0.4) is 0 Å². The molecule has 1 fully saturated rings. The number of nitrogens with one attached hydrogen (secondary N) is 1. The lowest BCUT2D eigenvalue weighted by Gasteiger charge is -2.29. The van der Waals surface area contributed by atoms with Crippen molar-refractivity contribution < 1.29 is 9.84 Å². The normalized spacial score (nSPS) is 29.6. The largest absolute Gasteiger partial charge is 0.396 e. The summed E-state index contributed by atoms with van der Waals surface area (Å²) in [6.07, 6.45) is 4.27. The van der Waals surface area contributed by atoms with Gasteiger partial charge in [-0.05, 0) is 36.8 Å². The van der Waals surface area contributed by atoms with E-state index in [1.807, 2.05) is 0 Å². The zero-order valence-electron chi connectivity index (χ0n) is 11.4. The highest BCUT2D eigenvalue weighted by atomic mass is 16.5. The highest BCUT2D eigenvalue weighted by Crippen LogP contribution is 2.35. The number of benzene rings is 1. The summed E-state index contributed by atoms with van der Waals surface area (Å²) in [5.41, 5.74) is 3.09. The fraction of sp³-hybridized carbons (Fsp3) is 0.625. The molecule has 0 spiro atoms. The molecule has 1 aromatic carbocycles. The molecule has 1 saturated heterocycles. The molecule has 3 heteroatoms. The Bertz CT molecular complexity index is 427. The molecular weight excluding hydrogens is 238 g/mol. The van der Waals surface area contributed by atoms with Gasteiger partial charge >= 0.3 is 0 Å². The molecule has 1 aliphatic carbocycles. The van der Waals surface area contributed by atoms with E-state index >= 15 is 0 Å². The first kappa shape index (κ1) is 13.1. The predicted octanol–water partition coefficient (Wildman–Crippen LogP) is 2.05. The van der Waals surface area contributed by atoms with Gasteiger partial charge in [0.05, 0.1) is 6.61 Å². The molecule has 2 unspecified atom stereocenters. The van der Waals surface area contributed by atoms with Gasteiger partial charge in [-0.2, -0.15) is 0 Å². The summed E-state index contributed by atoms with van der Waals surface area (Å²) in [4.78, 5) is 0. The Balaban J connectivity index is 1.63. The topological polar surface area (TPSA) is 41.5 Å². The zero-order chi connectivity index (χ0) is 13.1. The highest BCUT2D eigenvalue weighted by Gasteiger charge is 2.35. The van der Waals surface area contributed by atoms with E-state index in [4.69, 9.17) is 4.74 Å². The number of ether oxygens (including phenoxy) is 1. The van der Waals surface area contributed by atoms with Crippen molar-refractivity contribution >= 4 is 0 Å². The van der Waals surface area contributed by atoms with E-state index in [0.717, 1.165) is 32.6 Å². The third-order valence-electron chi connectivity index (χ3n) is 4.68. The first-order valence-corrected chi connectivity index (χ1v) is 7.33.